The van der Waals surface area contributed by atoms with E-state index in [2.05, 4.69) is 17.4 Å². The SMILES string of the molecule is C[C@H](OC(=O)Cc1ccc2c(c1)CCCC2)C(=O)Nc1ccccc1. The number of amides is 1. The zero-order valence-corrected chi connectivity index (χ0v) is 14.5. The lowest BCUT2D eigenvalue weighted by molar-refractivity contribution is -0.152. The van der Waals surface area contributed by atoms with Crippen LogP contribution < -0.4 is 5.32 Å². The molecular weight excluding hydrogens is 314 g/mol. The van der Waals surface area contributed by atoms with Crippen molar-refractivity contribution in [2.75, 3.05) is 5.32 Å². The van der Waals surface area contributed by atoms with Crippen molar-refractivity contribution in [3.63, 3.8) is 0 Å². The van der Waals surface area contributed by atoms with Gasteiger partial charge in [0.1, 0.15) is 0 Å². The number of fused-ring (bicyclic) bond motifs is 1. The first kappa shape index (κ1) is 17.2. The van der Waals surface area contributed by atoms with Crippen LogP contribution >= 0.6 is 0 Å². The minimum absolute atomic E-state index is 0.191. The quantitative estimate of drug-likeness (QED) is 0.847. The van der Waals surface area contributed by atoms with E-state index in [1.807, 2.05) is 24.3 Å². The number of hydrogen-bond acceptors (Lipinski definition) is 3. The topological polar surface area (TPSA) is 55.4 Å². The summed E-state index contributed by atoms with van der Waals surface area (Å²) in [6.07, 6.45) is 4.01. The van der Waals surface area contributed by atoms with Crippen molar-refractivity contribution in [2.24, 2.45) is 0 Å². The van der Waals surface area contributed by atoms with Crippen LogP contribution in [-0.4, -0.2) is 18.0 Å². The summed E-state index contributed by atoms with van der Waals surface area (Å²) >= 11 is 0. The first-order valence-electron chi connectivity index (χ1n) is 8.78. The summed E-state index contributed by atoms with van der Waals surface area (Å²) in [5.41, 5.74) is 4.36. The molecule has 0 aliphatic heterocycles. The number of rotatable bonds is 5. The second-order valence-electron chi connectivity index (χ2n) is 6.47. The van der Waals surface area contributed by atoms with Crippen LogP contribution in [0.5, 0.6) is 0 Å². The van der Waals surface area contributed by atoms with Gasteiger partial charge in [0.25, 0.3) is 5.91 Å². The highest BCUT2D eigenvalue weighted by molar-refractivity contribution is 5.95. The van der Waals surface area contributed by atoms with Crippen molar-refractivity contribution in [3.8, 4) is 0 Å². The van der Waals surface area contributed by atoms with Gasteiger partial charge in [-0.05, 0) is 61.4 Å². The van der Waals surface area contributed by atoms with Gasteiger partial charge in [0.05, 0.1) is 6.42 Å². The van der Waals surface area contributed by atoms with Gasteiger partial charge in [0, 0.05) is 5.69 Å². The molecule has 1 aliphatic carbocycles. The molecule has 0 bridgehead atoms. The molecule has 4 heteroatoms. The highest BCUT2D eigenvalue weighted by Gasteiger charge is 2.18. The number of carbonyl (C=O) groups is 2. The van der Waals surface area contributed by atoms with Crippen molar-refractivity contribution >= 4 is 17.6 Å². The zero-order valence-electron chi connectivity index (χ0n) is 14.5. The van der Waals surface area contributed by atoms with Gasteiger partial charge in [-0.15, -0.1) is 0 Å². The molecule has 1 amide bonds. The molecule has 25 heavy (non-hydrogen) atoms. The Kier molecular flexibility index (Phi) is 5.49. The van der Waals surface area contributed by atoms with Crippen LogP contribution in [0.2, 0.25) is 0 Å². The smallest absolute Gasteiger partial charge is 0.311 e. The lowest BCUT2D eigenvalue weighted by Gasteiger charge is -2.17. The first-order valence-corrected chi connectivity index (χ1v) is 8.78. The molecule has 0 saturated carbocycles. The van der Waals surface area contributed by atoms with E-state index in [1.165, 1.54) is 24.0 Å². The standard InChI is InChI=1S/C21H23NO3/c1-15(21(24)22-19-9-3-2-4-10-19)25-20(23)14-16-11-12-17-7-5-6-8-18(17)13-16/h2-4,9-13,15H,5-8,14H2,1H3,(H,22,24)/t15-/m0/s1. The molecule has 4 nitrogen and oxygen atoms in total. The Morgan fingerprint density at radius 2 is 1.76 bits per heavy atom. The summed E-state index contributed by atoms with van der Waals surface area (Å²) in [5.74, 6) is -0.712. The number of para-hydroxylation sites is 1. The Bertz CT molecular complexity index is 755. The average Bonchev–Trinajstić information content (AvgIpc) is 2.62. The number of hydrogen-bond donors (Lipinski definition) is 1. The van der Waals surface area contributed by atoms with Gasteiger partial charge in [0.15, 0.2) is 6.10 Å². The maximum atomic E-state index is 12.1. The Morgan fingerprint density at radius 1 is 1.04 bits per heavy atom. The number of anilines is 1. The van der Waals surface area contributed by atoms with Gasteiger partial charge in [-0.2, -0.15) is 0 Å². The first-order chi connectivity index (χ1) is 12.1. The van der Waals surface area contributed by atoms with Crippen LogP contribution in [0.3, 0.4) is 0 Å². The summed E-state index contributed by atoms with van der Waals surface area (Å²) in [4.78, 5) is 24.2. The van der Waals surface area contributed by atoms with Crippen molar-refractivity contribution < 1.29 is 14.3 Å². The van der Waals surface area contributed by atoms with Crippen molar-refractivity contribution in [1.29, 1.82) is 0 Å². The number of nitrogens with one attached hydrogen (secondary N) is 1. The average molecular weight is 337 g/mol. The van der Waals surface area contributed by atoms with E-state index in [1.54, 1.807) is 19.1 Å². The van der Waals surface area contributed by atoms with Gasteiger partial charge in [-0.25, -0.2) is 0 Å². The van der Waals surface area contributed by atoms with E-state index in [-0.39, 0.29) is 18.3 Å². The third-order valence-electron chi connectivity index (χ3n) is 4.48. The van der Waals surface area contributed by atoms with Gasteiger partial charge in [-0.1, -0.05) is 36.4 Å². The fourth-order valence-electron chi connectivity index (χ4n) is 3.12. The maximum Gasteiger partial charge on any atom is 0.311 e. The van der Waals surface area contributed by atoms with Crippen LogP contribution in [0, 0.1) is 0 Å². The van der Waals surface area contributed by atoms with Gasteiger partial charge >= 0.3 is 5.97 Å². The van der Waals surface area contributed by atoms with Gasteiger partial charge < -0.3 is 10.1 Å². The second kappa shape index (κ2) is 7.97. The molecule has 130 valence electrons. The molecular formula is C21H23NO3. The molecule has 0 spiro atoms. The predicted octanol–water partition coefficient (Wildman–Crippen LogP) is 3.68. The zero-order chi connectivity index (χ0) is 17.6. The molecule has 1 aliphatic rings. The Morgan fingerprint density at radius 3 is 2.52 bits per heavy atom. The Balaban J connectivity index is 1.54. The van der Waals surface area contributed by atoms with Crippen molar-refractivity contribution in [1.82, 2.24) is 0 Å². The molecule has 2 aromatic carbocycles. The molecule has 1 atom stereocenters. The number of ether oxygens (including phenoxy) is 1. The summed E-state index contributed by atoms with van der Waals surface area (Å²) in [5, 5.41) is 2.74. The largest absolute Gasteiger partial charge is 0.452 e. The third kappa shape index (κ3) is 4.69. The molecule has 0 aromatic heterocycles. The van der Waals surface area contributed by atoms with E-state index in [0.717, 1.165) is 18.4 Å². The number of carbonyl (C=O) groups excluding carboxylic acids is 2. The van der Waals surface area contributed by atoms with Gasteiger partial charge in [-0.3, -0.25) is 9.59 Å². The van der Waals surface area contributed by atoms with Crippen LogP contribution in [0.25, 0.3) is 0 Å². The predicted molar refractivity (Wildman–Crippen MR) is 97.4 cm³/mol. The highest BCUT2D eigenvalue weighted by Crippen LogP contribution is 2.22. The van der Waals surface area contributed by atoms with Crippen molar-refractivity contribution in [3.05, 3.63) is 65.2 Å². The molecule has 0 saturated heterocycles. The highest BCUT2D eigenvalue weighted by atomic mass is 16.5. The third-order valence-corrected chi connectivity index (χ3v) is 4.48. The summed E-state index contributed by atoms with van der Waals surface area (Å²) in [7, 11) is 0. The minimum atomic E-state index is -0.828. The fourth-order valence-corrected chi connectivity index (χ4v) is 3.12. The summed E-state index contributed by atoms with van der Waals surface area (Å²) in [6, 6.07) is 15.3. The Labute approximate surface area is 148 Å². The Hall–Kier alpha value is -2.62. The molecule has 0 radical (unpaired) electrons. The molecule has 2 aromatic rings. The van der Waals surface area contributed by atoms with E-state index in [9.17, 15) is 9.59 Å². The van der Waals surface area contributed by atoms with Crippen LogP contribution in [-0.2, 0) is 33.6 Å². The normalized spacial score (nSPS) is 14.3. The number of esters is 1. The van der Waals surface area contributed by atoms with E-state index in [4.69, 9.17) is 4.74 Å². The van der Waals surface area contributed by atoms with E-state index < -0.39 is 6.10 Å². The monoisotopic (exact) mass is 337 g/mol. The molecule has 1 N–H and O–H groups in total. The van der Waals surface area contributed by atoms with Crippen LogP contribution in [0.1, 0.15) is 36.5 Å². The molecule has 0 fully saturated rings. The van der Waals surface area contributed by atoms with E-state index >= 15 is 0 Å². The summed E-state index contributed by atoms with van der Waals surface area (Å²) in [6.45, 7) is 1.59. The fraction of sp³-hybridized carbons (Fsp3) is 0.333. The molecule has 0 heterocycles. The van der Waals surface area contributed by atoms with Crippen LogP contribution in [0.4, 0.5) is 5.69 Å². The molecule has 3 rings (SSSR count). The van der Waals surface area contributed by atoms with E-state index in [0.29, 0.717) is 5.69 Å². The minimum Gasteiger partial charge on any atom is -0.452 e. The lowest BCUT2D eigenvalue weighted by atomic mass is 9.90. The maximum absolute atomic E-state index is 12.1. The van der Waals surface area contributed by atoms with Gasteiger partial charge in [0.2, 0.25) is 0 Å². The second-order valence-corrected chi connectivity index (χ2v) is 6.47. The molecule has 0 unspecified atom stereocenters. The lowest BCUT2D eigenvalue weighted by Crippen LogP contribution is -2.30. The number of aryl methyl sites for hydroxylation is 2. The van der Waals surface area contributed by atoms with Crippen molar-refractivity contribution in [2.45, 2.75) is 45.1 Å². The number of benzene rings is 2. The van der Waals surface area contributed by atoms with Crippen LogP contribution in [0.15, 0.2) is 48.5 Å². The summed E-state index contributed by atoms with van der Waals surface area (Å²) < 4.78 is 5.28.